The van der Waals surface area contributed by atoms with Crippen molar-refractivity contribution in [2.45, 2.75) is 39.0 Å². The Kier molecular flexibility index (Phi) is 9.32. The first kappa shape index (κ1) is 22.8. The van der Waals surface area contributed by atoms with Crippen LogP contribution in [-0.2, 0) is 13.2 Å². The van der Waals surface area contributed by atoms with Gasteiger partial charge in [0.15, 0.2) is 11.5 Å². The molecule has 0 radical (unpaired) electrons. The highest BCUT2D eigenvalue weighted by Gasteiger charge is 2.22. The summed E-state index contributed by atoms with van der Waals surface area (Å²) in [5, 5.41) is 4.06. The lowest BCUT2D eigenvalue weighted by Gasteiger charge is -2.23. The predicted octanol–water partition coefficient (Wildman–Crippen LogP) is 4.32. The van der Waals surface area contributed by atoms with Crippen molar-refractivity contribution < 1.29 is 9.47 Å². The number of aromatic nitrogens is 1. The van der Waals surface area contributed by atoms with Crippen LogP contribution in [0.4, 0.5) is 0 Å². The maximum Gasteiger partial charge on any atom is 0.161 e. The number of hydrogen-bond acceptors (Lipinski definition) is 5. The Balaban J connectivity index is 0.00000280. The van der Waals surface area contributed by atoms with Gasteiger partial charge in [-0.2, -0.15) is 0 Å². The summed E-state index contributed by atoms with van der Waals surface area (Å²) in [5.41, 5.74) is 2.15. The maximum atomic E-state index is 5.89. The molecule has 0 aliphatic carbocycles. The zero-order valence-electron chi connectivity index (χ0n) is 16.5. The number of rotatable bonds is 9. The molecule has 1 unspecified atom stereocenters. The van der Waals surface area contributed by atoms with Crippen LogP contribution in [0, 0.1) is 0 Å². The van der Waals surface area contributed by atoms with E-state index in [1.165, 1.54) is 24.9 Å². The molecule has 0 spiro atoms. The third-order valence-electron chi connectivity index (χ3n) is 5.03. The standard InChI is InChI=1S/C21H28ClN3O2.ClH/c1-3-25-10-4-5-18(25)14-23-12-16-6-8-19(20(11-16)26-2)27-15-17-7-9-21(22)24-13-17;/h6-9,11,13,18,23H,3-5,10,12,14-15H2,1-2H3;1H. The van der Waals surface area contributed by atoms with Crippen molar-refractivity contribution in [3.05, 3.63) is 52.8 Å². The largest absolute Gasteiger partial charge is 0.493 e. The minimum atomic E-state index is 0. The lowest BCUT2D eigenvalue weighted by molar-refractivity contribution is 0.260. The van der Waals surface area contributed by atoms with Gasteiger partial charge >= 0.3 is 0 Å². The normalized spacial score (nSPS) is 16.6. The van der Waals surface area contributed by atoms with Crippen molar-refractivity contribution in [1.82, 2.24) is 15.2 Å². The fraction of sp³-hybridized carbons (Fsp3) is 0.476. The number of likely N-dealkylation sites (N-methyl/N-ethyl adjacent to an activating group) is 1. The van der Waals surface area contributed by atoms with Gasteiger partial charge in [0.05, 0.1) is 7.11 Å². The SMILES string of the molecule is CCN1CCCC1CNCc1ccc(OCc2ccc(Cl)nc2)c(OC)c1.Cl. The van der Waals surface area contributed by atoms with Gasteiger partial charge in [0.1, 0.15) is 11.8 Å². The summed E-state index contributed by atoms with van der Waals surface area (Å²) in [4.78, 5) is 6.62. The molecular formula is C21H29Cl2N3O2. The zero-order valence-corrected chi connectivity index (χ0v) is 18.1. The van der Waals surface area contributed by atoms with Crippen LogP contribution in [0.1, 0.15) is 30.9 Å². The molecule has 1 aromatic heterocycles. The Morgan fingerprint density at radius 1 is 1.21 bits per heavy atom. The quantitative estimate of drug-likeness (QED) is 0.606. The smallest absolute Gasteiger partial charge is 0.161 e. The van der Waals surface area contributed by atoms with E-state index < -0.39 is 0 Å². The maximum absolute atomic E-state index is 5.89. The first-order valence-electron chi connectivity index (χ1n) is 9.54. The molecule has 0 bridgehead atoms. The van der Waals surface area contributed by atoms with Crippen molar-refractivity contribution in [2.75, 3.05) is 26.7 Å². The van der Waals surface area contributed by atoms with Gasteiger partial charge in [0, 0.05) is 30.9 Å². The van der Waals surface area contributed by atoms with Gasteiger partial charge in [-0.1, -0.05) is 30.7 Å². The van der Waals surface area contributed by atoms with E-state index in [1.54, 1.807) is 19.4 Å². The van der Waals surface area contributed by atoms with Gasteiger partial charge in [-0.25, -0.2) is 4.98 Å². The number of likely N-dealkylation sites (tertiary alicyclic amines) is 1. The van der Waals surface area contributed by atoms with Crippen LogP contribution < -0.4 is 14.8 Å². The molecule has 0 amide bonds. The lowest BCUT2D eigenvalue weighted by Crippen LogP contribution is -2.37. The second-order valence-electron chi connectivity index (χ2n) is 6.82. The summed E-state index contributed by atoms with van der Waals surface area (Å²) in [7, 11) is 1.67. The Bertz CT molecular complexity index is 728. The topological polar surface area (TPSA) is 46.6 Å². The van der Waals surface area contributed by atoms with Gasteiger partial charge in [-0.15, -0.1) is 12.4 Å². The van der Waals surface area contributed by atoms with Crippen molar-refractivity contribution >= 4 is 24.0 Å². The highest BCUT2D eigenvalue weighted by molar-refractivity contribution is 6.29. The van der Waals surface area contributed by atoms with E-state index in [0.29, 0.717) is 17.8 Å². The van der Waals surface area contributed by atoms with Gasteiger partial charge < -0.3 is 14.8 Å². The number of nitrogens with one attached hydrogen (secondary N) is 1. The van der Waals surface area contributed by atoms with E-state index in [-0.39, 0.29) is 12.4 Å². The molecule has 154 valence electrons. The Hall–Kier alpha value is -1.53. The minimum Gasteiger partial charge on any atom is -0.493 e. The molecule has 1 aliphatic heterocycles. The summed E-state index contributed by atoms with van der Waals surface area (Å²) in [6.45, 7) is 6.87. The number of pyridine rings is 1. The minimum absolute atomic E-state index is 0. The fourth-order valence-electron chi connectivity index (χ4n) is 3.52. The highest BCUT2D eigenvalue weighted by Crippen LogP contribution is 2.29. The van der Waals surface area contributed by atoms with Crippen LogP contribution in [-0.4, -0.2) is 42.7 Å². The molecule has 0 saturated carbocycles. The van der Waals surface area contributed by atoms with Crippen molar-refractivity contribution in [3.8, 4) is 11.5 Å². The first-order chi connectivity index (χ1) is 13.2. The zero-order chi connectivity index (χ0) is 19.1. The van der Waals surface area contributed by atoms with E-state index in [1.807, 2.05) is 18.2 Å². The molecule has 1 N–H and O–H groups in total. The molecule has 1 saturated heterocycles. The lowest BCUT2D eigenvalue weighted by atomic mass is 10.1. The van der Waals surface area contributed by atoms with Gasteiger partial charge in [-0.05, 0) is 49.7 Å². The molecule has 28 heavy (non-hydrogen) atoms. The van der Waals surface area contributed by atoms with Crippen molar-refractivity contribution in [1.29, 1.82) is 0 Å². The molecule has 1 fully saturated rings. The molecule has 5 nitrogen and oxygen atoms in total. The first-order valence-corrected chi connectivity index (χ1v) is 9.92. The Morgan fingerprint density at radius 3 is 2.75 bits per heavy atom. The number of nitrogens with zero attached hydrogens (tertiary/aromatic N) is 2. The summed E-state index contributed by atoms with van der Waals surface area (Å²) < 4.78 is 11.4. The van der Waals surface area contributed by atoms with E-state index in [9.17, 15) is 0 Å². The van der Waals surface area contributed by atoms with Crippen LogP contribution in [0.5, 0.6) is 11.5 Å². The number of hydrogen-bond donors (Lipinski definition) is 1. The van der Waals surface area contributed by atoms with Crippen molar-refractivity contribution in [2.24, 2.45) is 0 Å². The molecule has 7 heteroatoms. The summed E-state index contributed by atoms with van der Waals surface area (Å²) in [5.74, 6) is 1.47. The van der Waals surface area contributed by atoms with Crippen molar-refractivity contribution in [3.63, 3.8) is 0 Å². The third-order valence-corrected chi connectivity index (χ3v) is 5.25. The summed E-state index contributed by atoms with van der Waals surface area (Å²) in [6, 6.07) is 10.4. The summed E-state index contributed by atoms with van der Waals surface area (Å²) >= 11 is 5.81. The van der Waals surface area contributed by atoms with Gasteiger partial charge in [0.25, 0.3) is 0 Å². The van der Waals surface area contributed by atoms with E-state index in [2.05, 4.69) is 28.2 Å². The van der Waals surface area contributed by atoms with Crippen LogP contribution >= 0.6 is 24.0 Å². The van der Waals surface area contributed by atoms with Crippen LogP contribution in [0.15, 0.2) is 36.5 Å². The fourth-order valence-corrected chi connectivity index (χ4v) is 3.63. The Morgan fingerprint density at radius 2 is 2.04 bits per heavy atom. The van der Waals surface area contributed by atoms with Gasteiger partial charge in [-0.3, -0.25) is 4.90 Å². The summed E-state index contributed by atoms with van der Waals surface area (Å²) in [6.07, 6.45) is 4.31. The monoisotopic (exact) mass is 425 g/mol. The molecule has 1 aliphatic rings. The molecule has 3 rings (SSSR count). The molecule has 2 heterocycles. The molecule has 1 aromatic carbocycles. The highest BCUT2D eigenvalue weighted by atomic mass is 35.5. The van der Waals surface area contributed by atoms with E-state index in [0.717, 1.165) is 36.7 Å². The molecule has 2 aromatic rings. The average Bonchev–Trinajstić information content (AvgIpc) is 3.15. The molecule has 1 atom stereocenters. The Labute approximate surface area is 178 Å². The third kappa shape index (κ3) is 6.24. The van der Waals surface area contributed by atoms with Gasteiger partial charge in [0.2, 0.25) is 0 Å². The second-order valence-corrected chi connectivity index (χ2v) is 7.21. The number of ether oxygens (including phenoxy) is 2. The predicted molar refractivity (Wildman–Crippen MR) is 116 cm³/mol. The number of benzene rings is 1. The second kappa shape index (κ2) is 11.5. The average molecular weight is 426 g/mol. The van der Waals surface area contributed by atoms with Crippen LogP contribution in [0.3, 0.4) is 0 Å². The van der Waals surface area contributed by atoms with Crippen LogP contribution in [0.25, 0.3) is 0 Å². The van der Waals surface area contributed by atoms with E-state index >= 15 is 0 Å². The van der Waals surface area contributed by atoms with Crippen LogP contribution in [0.2, 0.25) is 5.15 Å². The number of methoxy groups -OCH3 is 1. The number of halogens is 2. The molecular weight excluding hydrogens is 397 g/mol. The van der Waals surface area contributed by atoms with E-state index in [4.69, 9.17) is 21.1 Å².